The summed E-state index contributed by atoms with van der Waals surface area (Å²) in [6, 6.07) is 11.6. The highest BCUT2D eigenvalue weighted by atomic mass is 19.4. The van der Waals surface area contributed by atoms with Crippen LogP contribution in [0.1, 0.15) is 21.8 Å². The van der Waals surface area contributed by atoms with Crippen molar-refractivity contribution in [2.45, 2.75) is 13.1 Å². The Hall–Kier alpha value is -3.89. The van der Waals surface area contributed by atoms with Crippen molar-refractivity contribution in [1.29, 1.82) is 0 Å². The lowest BCUT2D eigenvalue weighted by Gasteiger charge is -2.10. The van der Waals surface area contributed by atoms with Crippen molar-refractivity contribution in [1.82, 2.24) is 20.8 Å². The predicted molar refractivity (Wildman–Crippen MR) is 107 cm³/mol. The van der Waals surface area contributed by atoms with Crippen LogP contribution in [-0.4, -0.2) is 41.7 Å². The van der Waals surface area contributed by atoms with E-state index in [9.17, 15) is 22.8 Å². The highest BCUT2D eigenvalue weighted by Crippen LogP contribution is 2.31. The molecule has 1 aromatic heterocycles. The van der Waals surface area contributed by atoms with Crippen LogP contribution in [0.5, 0.6) is 5.75 Å². The first kappa shape index (κ1) is 22.8. The summed E-state index contributed by atoms with van der Waals surface area (Å²) < 4.78 is 48.1. The van der Waals surface area contributed by atoms with Gasteiger partial charge in [-0.3, -0.25) is 9.59 Å². The number of carbonyl (C=O) groups excluding carboxylic acids is 2. The molecule has 2 amide bonds. The molecule has 2 aromatic carbocycles. The number of halogens is 3. The zero-order valence-electron chi connectivity index (χ0n) is 16.9. The summed E-state index contributed by atoms with van der Waals surface area (Å²) >= 11 is 0. The normalized spacial score (nSPS) is 11.1. The molecule has 2 N–H and O–H groups in total. The number of aryl methyl sites for hydroxylation is 1. The summed E-state index contributed by atoms with van der Waals surface area (Å²) in [6.45, 7) is 1.60. The van der Waals surface area contributed by atoms with Gasteiger partial charge in [-0.05, 0) is 25.1 Å². The molecule has 0 saturated heterocycles. The van der Waals surface area contributed by atoms with E-state index < -0.39 is 30.2 Å². The van der Waals surface area contributed by atoms with Crippen molar-refractivity contribution in [3.63, 3.8) is 0 Å². The van der Waals surface area contributed by atoms with Crippen LogP contribution in [0.25, 0.3) is 11.4 Å². The van der Waals surface area contributed by atoms with Crippen LogP contribution in [-0.2, 0) is 11.0 Å². The van der Waals surface area contributed by atoms with E-state index in [0.717, 1.165) is 17.7 Å². The number of aromatic nitrogens is 2. The largest absolute Gasteiger partial charge is 0.484 e. The molecule has 168 valence electrons. The van der Waals surface area contributed by atoms with E-state index in [1.807, 2.05) is 19.1 Å². The third-order valence-electron chi connectivity index (χ3n) is 4.19. The van der Waals surface area contributed by atoms with Crippen molar-refractivity contribution in [2.75, 3.05) is 19.7 Å². The molecule has 1 heterocycles. The quantitative estimate of drug-likeness (QED) is 0.513. The number of carbonyl (C=O) groups is 2. The van der Waals surface area contributed by atoms with E-state index in [4.69, 9.17) is 9.26 Å². The Labute approximate surface area is 180 Å². The molecule has 0 fully saturated rings. The summed E-state index contributed by atoms with van der Waals surface area (Å²) in [4.78, 5) is 27.9. The van der Waals surface area contributed by atoms with Gasteiger partial charge < -0.3 is 19.9 Å². The number of amides is 2. The smallest absolute Gasteiger partial charge is 0.416 e. The molecule has 0 atom stereocenters. The van der Waals surface area contributed by atoms with Crippen LogP contribution in [0.15, 0.2) is 53.1 Å². The minimum Gasteiger partial charge on any atom is -0.484 e. The van der Waals surface area contributed by atoms with Gasteiger partial charge in [-0.15, -0.1) is 0 Å². The van der Waals surface area contributed by atoms with Crippen LogP contribution < -0.4 is 15.4 Å². The summed E-state index contributed by atoms with van der Waals surface area (Å²) in [5.74, 6) is -1.19. The van der Waals surface area contributed by atoms with Gasteiger partial charge in [0.1, 0.15) is 5.75 Å². The predicted octanol–water partition coefficient (Wildman–Crippen LogP) is 2.99. The van der Waals surface area contributed by atoms with Crippen molar-refractivity contribution in [3.05, 3.63) is 65.5 Å². The minimum absolute atomic E-state index is 0.0650. The number of hydrogen-bond donors (Lipinski definition) is 2. The Morgan fingerprint density at radius 1 is 1.06 bits per heavy atom. The van der Waals surface area contributed by atoms with Crippen LogP contribution in [0.2, 0.25) is 0 Å². The van der Waals surface area contributed by atoms with E-state index in [0.29, 0.717) is 5.56 Å². The standard InChI is InChI=1S/C21H19F3N4O4/c1-13-5-7-14(8-6-13)18-27-20(32-28-18)19(30)26-10-9-25-17(29)12-31-16-4-2-3-15(11-16)21(22,23)24/h2-8,11H,9-10,12H2,1H3,(H,25,29)(H,26,30). The lowest BCUT2D eigenvalue weighted by Crippen LogP contribution is -2.36. The Kier molecular flexibility index (Phi) is 7.08. The molecular formula is C21H19F3N4O4. The second-order valence-corrected chi connectivity index (χ2v) is 6.71. The zero-order chi connectivity index (χ0) is 23.1. The molecule has 0 radical (unpaired) electrons. The second kappa shape index (κ2) is 9.94. The molecular weight excluding hydrogens is 429 g/mol. The summed E-state index contributed by atoms with van der Waals surface area (Å²) in [5, 5.41) is 8.75. The molecule has 0 aliphatic rings. The van der Waals surface area contributed by atoms with E-state index in [1.165, 1.54) is 12.1 Å². The van der Waals surface area contributed by atoms with Gasteiger partial charge in [0.05, 0.1) is 5.56 Å². The van der Waals surface area contributed by atoms with E-state index in [-0.39, 0.29) is 30.6 Å². The summed E-state index contributed by atoms with van der Waals surface area (Å²) in [5.41, 5.74) is 0.897. The van der Waals surface area contributed by atoms with Gasteiger partial charge in [-0.2, -0.15) is 18.2 Å². The summed E-state index contributed by atoms with van der Waals surface area (Å²) in [7, 11) is 0. The molecule has 8 nitrogen and oxygen atoms in total. The molecule has 0 aliphatic heterocycles. The average Bonchev–Trinajstić information content (AvgIpc) is 3.26. The van der Waals surface area contributed by atoms with Crippen LogP contribution in [0, 0.1) is 6.92 Å². The molecule has 0 spiro atoms. The number of nitrogens with one attached hydrogen (secondary N) is 2. The number of ether oxygens (including phenoxy) is 1. The molecule has 11 heteroatoms. The molecule has 0 saturated carbocycles. The Bertz CT molecular complexity index is 1080. The second-order valence-electron chi connectivity index (χ2n) is 6.71. The number of nitrogens with zero attached hydrogens (tertiary/aromatic N) is 2. The monoisotopic (exact) mass is 448 g/mol. The molecule has 32 heavy (non-hydrogen) atoms. The molecule has 0 bridgehead atoms. The number of alkyl halides is 3. The number of rotatable bonds is 8. The minimum atomic E-state index is -4.50. The highest BCUT2D eigenvalue weighted by Gasteiger charge is 2.30. The van der Waals surface area contributed by atoms with Crippen LogP contribution in [0.4, 0.5) is 13.2 Å². The fourth-order valence-electron chi connectivity index (χ4n) is 2.55. The van der Waals surface area contributed by atoms with Gasteiger partial charge >= 0.3 is 18.0 Å². The molecule has 3 rings (SSSR count). The topological polar surface area (TPSA) is 106 Å². The first-order valence-electron chi connectivity index (χ1n) is 9.48. The van der Waals surface area contributed by atoms with Gasteiger partial charge in [0.15, 0.2) is 6.61 Å². The fraction of sp³-hybridized carbons (Fsp3) is 0.238. The molecule has 0 aliphatic carbocycles. The van der Waals surface area contributed by atoms with Crippen LogP contribution in [0.3, 0.4) is 0 Å². The zero-order valence-corrected chi connectivity index (χ0v) is 16.9. The fourth-order valence-corrected chi connectivity index (χ4v) is 2.55. The lowest BCUT2D eigenvalue weighted by atomic mass is 10.1. The lowest BCUT2D eigenvalue weighted by molar-refractivity contribution is -0.137. The third-order valence-corrected chi connectivity index (χ3v) is 4.19. The van der Waals surface area contributed by atoms with Crippen LogP contribution >= 0.6 is 0 Å². The van der Waals surface area contributed by atoms with Gasteiger partial charge in [0, 0.05) is 18.7 Å². The Balaban J connectivity index is 1.39. The maximum Gasteiger partial charge on any atom is 0.416 e. The van der Waals surface area contributed by atoms with Crippen molar-refractivity contribution in [3.8, 4) is 17.1 Å². The molecule has 0 unspecified atom stereocenters. The van der Waals surface area contributed by atoms with E-state index >= 15 is 0 Å². The SMILES string of the molecule is Cc1ccc(-c2noc(C(=O)NCCNC(=O)COc3cccc(C(F)(F)F)c3)n2)cc1. The number of benzene rings is 2. The molecule has 3 aromatic rings. The first-order valence-corrected chi connectivity index (χ1v) is 9.48. The Morgan fingerprint density at radius 3 is 2.50 bits per heavy atom. The number of hydrogen-bond acceptors (Lipinski definition) is 6. The average molecular weight is 448 g/mol. The van der Waals surface area contributed by atoms with Gasteiger partial charge in [0.25, 0.3) is 5.91 Å². The Morgan fingerprint density at radius 2 is 1.78 bits per heavy atom. The first-order chi connectivity index (χ1) is 15.2. The van der Waals surface area contributed by atoms with Gasteiger partial charge in [0.2, 0.25) is 5.82 Å². The van der Waals surface area contributed by atoms with Crippen molar-refractivity contribution in [2.24, 2.45) is 0 Å². The van der Waals surface area contributed by atoms with Gasteiger partial charge in [-0.25, -0.2) is 0 Å². The third kappa shape index (κ3) is 6.30. The van der Waals surface area contributed by atoms with Gasteiger partial charge in [-0.1, -0.05) is 41.1 Å². The highest BCUT2D eigenvalue weighted by molar-refractivity contribution is 5.89. The van der Waals surface area contributed by atoms with Crippen molar-refractivity contribution >= 4 is 11.8 Å². The van der Waals surface area contributed by atoms with E-state index in [2.05, 4.69) is 20.8 Å². The van der Waals surface area contributed by atoms with Crippen molar-refractivity contribution < 1.29 is 32.0 Å². The summed E-state index contributed by atoms with van der Waals surface area (Å²) in [6.07, 6.45) is -4.50. The maximum absolute atomic E-state index is 12.7. The maximum atomic E-state index is 12.7. The van der Waals surface area contributed by atoms with E-state index in [1.54, 1.807) is 12.1 Å².